The predicted octanol–water partition coefficient (Wildman–Crippen LogP) is 3.78. The number of anilines is 1. The molecule has 1 aliphatic heterocycles. The Morgan fingerprint density at radius 2 is 2.35 bits per heavy atom. The fraction of sp³-hybridized carbons (Fsp3) is 0.214. The third-order valence-electron chi connectivity index (χ3n) is 3.05. The zero-order valence-corrected chi connectivity index (χ0v) is 16.3. The topological polar surface area (TPSA) is 50.5 Å². The summed E-state index contributed by atoms with van der Waals surface area (Å²) in [5.41, 5.74) is 0.792. The van der Waals surface area contributed by atoms with Gasteiger partial charge in [0.1, 0.15) is 4.90 Å². The van der Waals surface area contributed by atoms with E-state index in [0.29, 0.717) is 30.4 Å². The van der Waals surface area contributed by atoms with E-state index < -0.39 is 12.5 Å². The summed E-state index contributed by atoms with van der Waals surface area (Å²) >= 11 is 11.0. The summed E-state index contributed by atoms with van der Waals surface area (Å²) < 4.78 is 24.5. The van der Waals surface area contributed by atoms with E-state index in [4.69, 9.17) is 15.7 Å². The van der Waals surface area contributed by atoms with Crippen LogP contribution < -0.4 is 10.6 Å². The van der Waals surface area contributed by atoms with Gasteiger partial charge in [0.2, 0.25) is 0 Å². The summed E-state index contributed by atoms with van der Waals surface area (Å²) in [5.74, 6) is 0.587. The molecule has 0 unspecified atom stereocenters. The van der Waals surface area contributed by atoms with Crippen molar-refractivity contribution in [2.24, 2.45) is 12.1 Å². The van der Waals surface area contributed by atoms with Gasteiger partial charge in [-0.15, -0.1) is 0 Å². The Kier molecular flexibility index (Phi) is 4.15. The van der Waals surface area contributed by atoms with E-state index >= 15 is 0 Å². The van der Waals surface area contributed by atoms with Crippen LogP contribution in [0.15, 0.2) is 39.2 Å². The SMILES string of the molecule is [2H]C([2H])([2H])n1ncc2c(c1=O)SC(SCc1ccc(I)cc1Cl)=NN2C. The number of halogens is 2. The maximum absolute atomic E-state index is 12.5. The number of thioether (sulfide) groups is 2. The zero-order valence-electron chi connectivity index (χ0n) is 14.8. The van der Waals surface area contributed by atoms with E-state index in [-0.39, 0.29) is 0 Å². The third kappa shape index (κ3) is 3.70. The Bertz CT molecular complexity index is 951. The van der Waals surface area contributed by atoms with E-state index in [0.717, 1.165) is 20.9 Å². The van der Waals surface area contributed by atoms with E-state index in [2.05, 4.69) is 32.8 Å². The molecule has 5 nitrogen and oxygen atoms in total. The Morgan fingerprint density at radius 1 is 1.52 bits per heavy atom. The van der Waals surface area contributed by atoms with Crippen molar-refractivity contribution >= 4 is 67.8 Å². The maximum Gasteiger partial charge on any atom is 0.282 e. The number of aromatic nitrogens is 2. The van der Waals surface area contributed by atoms with Gasteiger partial charge < -0.3 is 0 Å². The molecule has 0 saturated heterocycles. The average Bonchev–Trinajstić information content (AvgIpc) is 2.54. The number of nitrogens with zero attached hydrogens (tertiary/aromatic N) is 4. The van der Waals surface area contributed by atoms with Crippen LogP contribution in [0.5, 0.6) is 0 Å². The lowest BCUT2D eigenvalue weighted by atomic mass is 10.2. The molecule has 1 aromatic carbocycles. The fourth-order valence-electron chi connectivity index (χ4n) is 1.88. The van der Waals surface area contributed by atoms with Gasteiger partial charge in [0.15, 0.2) is 4.38 Å². The van der Waals surface area contributed by atoms with Crippen molar-refractivity contribution < 1.29 is 4.11 Å². The van der Waals surface area contributed by atoms with Crippen molar-refractivity contribution in [1.82, 2.24) is 9.78 Å². The standard InChI is InChI=1S/C14H12ClIN4OS2/c1-19-11-6-17-20(2)13(21)12(11)23-14(18-19)22-7-8-3-4-9(16)5-10(8)15/h3-6H,7H2,1-2H3/i2D3. The molecular weight excluding hydrogens is 467 g/mol. The van der Waals surface area contributed by atoms with E-state index in [1.807, 2.05) is 18.2 Å². The van der Waals surface area contributed by atoms with Crippen LogP contribution in [0.2, 0.25) is 5.02 Å². The minimum atomic E-state index is -2.62. The van der Waals surface area contributed by atoms with Crippen LogP contribution in [0.1, 0.15) is 9.68 Å². The molecule has 0 radical (unpaired) electrons. The molecule has 0 bridgehead atoms. The largest absolute Gasteiger partial charge is 0.282 e. The zero-order chi connectivity index (χ0) is 19.1. The Labute approximate surface area is 164 Å². The second kappa shape index (κ2) is 7.04. The highest BCUT2D eigenvalue weighted by Crippen LogP contribution is 2.37. The third-order valence-corrected chi connectivity index (χ3v) is 6.31. The summed E-state index contributed by atoms with van der Waals surface area (Å²) in [5, 5.41) is 10.4. The number of hydrogen-bond donors (Lipinski definition) is 0. The number of benzene rings is 1. The van der Waals surface area contributed by atoms with Crippen LogP contribution in [0.4, 0.5) is 5.69 Å². The van der Waals surface area contributed by atoms with E-state index in [9.17, 15) is 4.79 Å². The molecule has 2 aromatic rings. The van der Waals surface area contributed by atoms with Crippen LogP contribution in [-0.4, -0.2) is 21.2 Å². The lowest BCUT2D eigenvalue weighted by molar-refractivity contribution is 0.684. The summed E-state index contributed by atoms with van der Waals surface area (Å²) in [7, 11) is 1.69. The summed E-state index contributed by atoms with van der Waals surface area (Å²) in [6.45, 7) is -2.62. The van der Waals surface area contributed by atoms with Gasteiger partial charge in [-0.05, 0) is 40.3 Å². The Morgan fingerprint density at radius 3 is 3.09 bits per heavy atom. The minimum Gasteiger partial charge on any atom is -0.266 e. The molecule has 0 atom stereocenters. The quantitative estimate of drug-likeness (QED) is 0.611. The monoisotopic (exact) mass is 481 g/mol. The average molecular weight is 482 g/mol. The van der Waals surface area contributed by atoms with Gasteiger partial charge in [-0.3, -0.25) is 9.80 Å². The first-order chi connectivity index (χ1) is 12.2. The first-order valence-electron chi connectivity index (χ1n) is 7.86. The van der Waals surface area contributed by atoms with Crippen molar-refractivity contribution in [2.45, 2.75) is 10.6 Å². The fourth-order valence-corrected chi connectivity index (χ4v) is 5.05. The van der Waals surface area contributed by atoms with Crippen molar-refractivity contribution in [3.05, 3.63) is 48.9 Å². The van der Waals surface area contributed by atoms with Crippen molar-refractivity contribution in [3.63, 3.8) is 0 Å². The van der Waals surface area contributed by atoms with Crippen molar-refractivity contribution in [3.8, 4) is 0 Å². The normalized spacial score (nSPS) is 16.2. The lowest BCUT2D eigenvalue weighted by Crippen LogP contribution is -2.27. The predicted molar refractivity (Wildman–Crippen MR) is 107 cm³/mol. The van der Waals surface area contributed by atoms with Gasteiger partial charge in [0, 0.05) is 32.5 Å². The van der Waals surface area contributed by atoms with Crippen LogP contribution in [-0.2, 0) is 12.7 Å². The highest BCUT2D eigenvalue weighted by Gasteiger charge is 2.22. The number of fused-ring (bicyclic) bond motifs is 1. The molecule has 1 aliphatic rings. The molecular formula is C14H12ClIN4OS2. The van der Waals surface area contributed by atoms with Crippen LogP contribution in [0.3, 0.4) is 0 Å². The molecule has 9 heteroatoms. The van der Waals surface area contributed by atoms with Gasteiger partial charge in [-0.1, -0.05) is 41.2 Å². The van der Waals surface area contributed by atoms with Crippen molar-refractivity contribution in [1.29, 1.82) is 0 Å². The Hall–Kier alpha value is -0.710. The van der Waals surface area contributed by atoms with Crippen LogP contribution in [0.25, 0.3) is 0 Å². The highest BCUT2D eigenvalue weighted by molar-refractivity contribution is 14.1. The molecule has 0 amide bonds. The van der Waals surface area contributed by atoms with Crippen LogP contribution >= 0.6 is 57.7 Å². The molecule has 1 aromatic heterocycles. The molecule has 0 aliphatic carbocycles. The lowest BCUT2D eigenvalue weighted by Gasteiger charge is -2.22. The second-order valence-corrected chi connectivity index (χ2v) is 8.47. The van der Waals surface area contributed by atoms with Gasteiger partial charge in [0.05, 0.1) is 11.9 Å². The molecule has 2 heterocycles. The van der Waals surface area contributed by atoms with Crippen molar-refractivity contribution in [2.75, 3.05) is 12.1 Å². The van der Waals surface area contributed by atoms with Gasteiger partial charge in [-0.2, -0.15) is 10.2 Å². The number of hydrogen-bond acceptors (Lipinski definition) is 6. The molecule has 23 heavy (non-hydrogen) atoms. The molecule has 0 fully saturated rings. The molecule has 0 saturated carbocycles. The summed E-state index contributed by atoms with van der Waals surface area (Å²) in [6, 6.07) is 5.81. The van der Waals surface area contributed by atoms with Crippen LogP contribution in [0, 0.1) is 3.57 Å². The first-order valence-corrected chi connectivity index (χ1v) is 9.62. The van der Waals surface area contributed by atoms with Gasteiger partial charge in [-0.25, -0.2) is 4.68 Å². The van der Waals surface area contributed by atoms with Gasteiger partial charge >= 0.3 is 0 Å². The highest BCUT2D eigenvalue weighted by atomic mass is 127. The Balaban J connectivity index is 1.84. The molecule has 120 valence electrons. The summed E-state index contributed by atoms with van der Waals surface area (Å²) in [6.07, 6.45) is 1.34. The molecule has 3 rings (SSSR count). The molecule has 0 spiro atoms. The smallest absolute Gasteiger partial charge is 0.266 e. The van der Waals surface area contributed by atoms with E-state index in [1.165, 1.54) is 23.0 Å². The van der Waals surface area contributed by atoms with Gasteiger partial charge in [0.25, 0.3) is 5.56 Å². The molecule has 0 N–H and O–H groups in total. The van der Waals surface area contributed by atoms with E-state index in [1.54, 1.807) is 7.05 Å². The minimum absolute atomic E-state index is 0.296. The second-order valence-electron chi connectivity index (χ2n) is 4.59. The maximum atomic E-state index is 12.5. The number of aryl methyl sites for hydroxylation is 1. The number of hydrazone groups is 1. The summed E-state index contributed by atoms with van der Waals surface area (Å²) in [4.78, 5) is 12.8. The number of rotatable bonds is 2. The first kappa shape index (κ1) is 13.6.